The summed E-state index contributed by atoms with van der Waals surface area (Å²) in [5.41, 5.74) is 15.0. The molecule has 0 unspecified atom stereocenters. The Bertz CT molecular complexity index is 3800. The summed E-state index contributed by atoms with van der Waals surface area (Å²) in [6, 6.07) is 69.6. The summed E-state index contributed by atoms with van der Waals surface area (Å²) in [6.45, 7) is 0. The Balaban J connectivity index is 1.03. The molecule has 270 valence electrons. The van der Waals surface area contributed by atoms with E-state index >= 15 is 0 Å². The van der Waals surface area contributed by atoms with Crippen molar-refractivity contribution in [3.63, 3.8) is 0 Å². The first-order chi connectivity index (χ1) is 28.7. The van der Waals surface area contributed by atoms with Gasteiger partial charge >= 0.3 is 0 Å². The lowest BCUT2D eigenvalue weighted by molar-refractivity contribution is 0.669. The number of para-hydroxylation sites is 5. The molecular formula is C54H32N2O2. The van der Waals surface area contributed by atoms with E-state index in [2.05, 4.69) is 185 Å². The number of aromatic nitrogens is 2. The van der Waals surface area contributed by atoms with Gasteiger partial charge in [0.1, 0.15) is 22.3 Å². The number of hydrogen-bond donors (Lipinski definition) is 0. The van der Waals surface area contributed by atoms with E-state index in [1.165, 1.54) is 32.6 Å². The van der Waals surface area contributed by atoms with E-state index in [1.54, 1.807) is 0 Å². The van der Waals surface area contributed by atoms with Crippen LogP contribution in [0.3, 0.4) is 0 Å². The molecule has 0 saturated heterocycles. The fraction of sp³-hybridized carbons (Fsp3) is 0. The Morgan fingerprint density at radius 3 is 1.52 bits per heavy atom. The van der Waals surface area contributed by atoms with Crippen LogP contribution in [0, 0.1) is 0 Å². The summed E-state index contributed by atoms with van der Waals surface area (Å²) in [5.74, 6) is 0. The van der Waals surface area contributed by atoms with Crippen molar-refractivity contribution in [1.29, 1.82) is 0 Å². The normalized spacial score (nSPS) is 12.1. The predicted molar refractivity (Wildman–Crippen MR) is 241 cm³/mol. The van der Waals surface area contributed by atoms with Gasteiger partial charge in [0.15, 0.2) is 0 Å². The summed E-state index contributed by atoms with van der Waals surface area (Å²) in [4.78, 5) is 0. The van der Waals surface area contributed by atoms with Crippen molar-refractivity contribution < 1.29 is 8.83 Å². The molecule has 13 rings (SSSR count). The van der Waals surface area contributed by atoms with E-state index < -0.39 is 0 Å². The van der Waals surface area contributed by atoms with Crippen LogP contribution in [-0.4, -0.2) is 9.13 Å². The summed E-state index contributed by atoms with van der Waals surface area (Å²) >= 11 is 0. The Morgan fingerprint density at radius 1 is 0.276 bits per heavy atom. The number of fused-ring (bicyclic) bond motifs is 12. The number of furan rings is 2. The second kappa shape index (κ2) is 11.8. The minimum atomic E-state index is 0.886. The van der Waals surface area contributed by atoms with Gasteiger partial charge in [-0.05, 0) is 108 Å². The van der Waals surface area contributed by atoms with E-state index in [0.29, 0.717) is 0 Å². The molecule has 4 nitrogen and oxygen atoms in total. The molecule has 0 aliphatic carbocycles. The van der Waals surface area contributed by atoms with E-state index in [4.69, 9.17) is 8.83 Å². The average Bonchev–Trinajstić information content (AvgIpc) is 4.03. The van der Waals surface area contributed by atoms with Gasteiger partial charge in [-0.2, -0.15) is 0 Å². The summed E-state index contributed by atoms with van der Waals surface area (Å²) in [7, 11) is 0. The van der Waals surface area contributed by atoms with Crippen molar-refractivity contribution >= 4 is 87.5 Å². The third kappa shape index (κ3) is 4.45. The molecule has 0 spiro atoms. The Kier molecular flexibility index (Phi) is 6.41. The molecule has 0 bridgehead atoms. The second-order valence-corrected chi connectivity index (χ2v) is 15.3. The standard InChI is InChI=1S/C54H32N2O2/c1-2-12-36(13-3-1)55-47-18-8-4-14-38(47)43-28-33(22-25-49(43)55)35-30-42(54-46(31-35)41-17-7-11-21-52(41)58-54)34-23-26-50-44(29-34)39-15-5-9-19-48(39)56(50)37-24-27-53-45(32-37)40-16-6-10-20-51(40)57-53/h1-32H. The monoisotopic (exact) mass is 740 g/mol. The minimum Gasteiger partial charge on any atom is -0.456 e. The first-order valence-electron chi connectivity index (χ1n) is 19.7. The number of rotatable bonds is 4. The van der Waals surface area contributed by atoms with E-state index in [1.807, 2.05) is 18.2 Å². The van der Waals surface area contributed by atoms with E-state index in [9.17, 15) is 0 Å². The van der Waals surface area contributed by atoms with Crippen LogP contribution in [-0.2, 0) is 0 Å². The van der Waals surface area contributed by atoms with Crippen LogP contribution in [0.2, 0.25) is 0 Å². The highest BCUT2D eigenvalue weighted by atomic mass is 16.3. The van der Waals surface area contributed by atoms with Crippen molar-refractivity contribution in [3.8, 4) is 33.6 Å². The molecule has 4 heterocycles. The quantitative estimate of drug-likeness (QED) is 0.180. The average molecular weight is 741 g/mol. The van der Waals surface area contributed by atoms with Crippen LogP contribution in [0.15, 0.2) is 203 Å². The van der Waals surface area contributed by atoms with Gasteiger partial charge in [-0.3, -0.25) is 0 Å². The highest BCUT2D eigenvalue weighted by Crippen LogP contribution is 2.43. The van der Waals surface area contributed by atoms with Crippen molar-refractivity contribution in [2.45, 2.75) is 0 Å². The number of benzene rings is 9. The summed E-state index contributed by atoms with van der Waals surface area (Å²) in [5, 5.41) is 9.32. The number of hydrogen-bond acceptors (Lipinski definition) is 2. The maximum Gasteiger partial charge on any atom is 0.143 e. The van der Waals surface area contributed by atoms with Gasteiger partial charge in [0, 0.05) is 60.0 Å². The molecule has 0 radical (unpaired) electrons. The maximum atomic E-state index is 6.73. The van der Waals surface area contributed by atoms with Crippen LogP contribution in [0.5, 0.6) is 0 Å². The Labute approximate surface area is 332 Å². The molecule has 0 N–H and O–H groups in total. The fourth-order valence-electron chi connectivity index (χ4n) is 9.49. The predicted octanol–water partition coefficient (Wildman–Crippen LogP) is 15.0. The molecule has 0 aliphatic rings. The molecule has 13 aromatic rings. The van der Waals surface area contributed by atoms with Crippen LogP contribution >= 0.6 is 0 Å². The van der Waals surface area contributed by atoms with E-state index in [-0.39, 0.29) is 0 Å². The highest BCUT2D eigenvalue weighted by Gasteiger charge is 2.20. The van der Waals surface area contributed by atoms with Gasteiger partial charge < -0.3 is 18.0 Å². The lowest BCUT2D eigenvalue weighted by Gasteiger charge is -2.11. The Hall–Kier alpha value is -7.82. The molecular weight excluding hydrogens is 709 g/mol. The first-order valence-corrected chi connectivity index (χ1v) is 19.7. The van der Waals surface area contributed by atoms with Crippen molar-refractivity contribution in [2.24, 2.45) is 0 Å². The SMILES string of the molecule is c1ccc(-n2c3ccccc3c3cc(-c4cc(-c5ccc6c(c5)c5ccccc5n6-c5ccc6oc7ccccc7c6c5)c5oc6ccccc6c5c4)ccc32)cc1. The van der Waals surface area contributed by atoms with Crippen LogP contribution in [0.1, 0.15) is 0 Å². The van der Waals surface area contributed by atoms with Crippen molar-refractivity contribution in [2.75, 3.05) is 0 Å². The molecule has 4 heteroatoms. The topological polar surface area (TPSA) is 36.1 Å². The third-order valence-corrected chi connectivity index (χ3v) is 12.1. The zero-order chi connectivity index (χ0) is 37.9. The molecule has 9 aromatic carbocycles. The van der Waals surface area contributed by atoms with Gasteiger partial charge in [-0.25, -0.2) is 0 Å². The van der Waals surface area contributed by atoms with E-state index in [0.717, 1.165) is 88.5 Å². The van der Waals surface area contributed by atoms with Crippen molar-refractivity contribution in [1.82, 2.24) is 9.13 Å². The van der Waals surface area contributed by atoms with Gasteiger partial charge in [0.2, 0.25) is 0 Å². The zero-order valence-corrected chi connectivity index (χ0v) is 31.2. The zero-order valence-electron chi connectivity index (χ0n) is 31.2. The summed E-state index contributed by atoms with van der Waals surface area (Å²) < 4.78 is 17.7. The third-order valence-electron chi connectivity index (χ3n) is 12.1. The smallest absolute Gasteiger partial charge is 0.143 e. The van der Waals surface area contributed by atoms with Crippen LogP contribution in [0.25, 0.3) is 121 Å². The second-order valence-electron chi connectivity index (χ2n) is 15.3. The molecule has 0 saturated carbocycles. The molecule has 0 atom stereocenters. The molecule has 0 amide bonds. The van der Waals surface area contributed by atoms with Gasteiger partial charge in [-0.15, -0.1) is 0 Å². The first kappa shape index (κ1) is 31.4. The Morgan fingerprint density at radius 2 is 0.793 bits per heavy atom. The lowest BCUT2D eigenvalue weighted by Crippen LogP contribution is -1.93. The largest absolute Gasteiger partial charge is 0.456 e. The summed E-state index contributed by atoms with van der Waals surface area (Å²) in [6.07, 6.45) is 0. The molecule has 58 heavy (non-hydrogen) atoms. The molecule has 4 aromatic heterocycles. The highest BCUT2D eigenvalue weighted by molar-refractivity contribution is 6.16. The molecule has 0 fully saturated rings. The van der Waals surface area contributed by atoms with Gasteiger partial charge in [0.25, 0.3) is 0 Å². The number of nitrogens with zero attached hydrogens (tertiary/aromatic N) is 2. The molecule has 0 aliphatic heterocycles. The lowest BCUT2D eigenvalue weighted by atomic mass is 9.94. The van der Waals surface area contributed by atoms with Crippen LogP contribution in [0.4, 0.5) is 0 Å². The van der Waals surface area contributed by atoms with Crippen molar-refractivity contribution in [3.05, 3.63) is 194 Å². The van der Waals surface area contributed by atoms with Gasteiger partial charge in [-0.1, -0.05) is 103 Å². The maximum absolute atomic E-state index is 6.73. The minimum absolute atomic E-state index is 0.886. The van der Waals surface area contributed by atoms with Crippen LogP contribution < -0.4 is 0 Å². The fourth-order valence-corrected chi connectivity index (χ4v) is 9.49. The van der Waals surface area contributed by atoms with Gasteiger partial charge in [0.05, 0.1) is 22.1 Å².